The molecule has 0 fully saturated rings. The first kappa shape index (κ1) is 16.3. The molecule has 0 unspecified atom stereocenters. The van der Waals surface area contributed by atoms with Crippen LogP contribution in [0.2, 0.25) is 5.02 Å². The third kappa shape index (κ3) is 3.65. The van der Waals surface area contributed by atoms with Crippen molar-refractivity contribution < 1.29 is 19.0 Å². The normalized spacial score (nSPS) is 11.9. The van der Waals surface area contributed by atoms with E-state index in [0.717, 1.165) is 17.1 Å². The Bertz CT molecular complexity index is 751. The van der Waals surface area contributed by atoms with Crippen molar-refractivity contribution in [2.75, 3.05) is 25.8 Å². The number of fused-ring (bicyclic) bond motifs is 1. The van der Waals surface area contributed by atoms with E-state index in [1.165, 1.54) is 7.11 Å². The number of hydrogen-bond acceptors (Lipinski definition) is 4. The Kier molecular flexibility index (Phi) is 4.96. The summed E-state index contributed by atoms with van der Waals surface area (Å²) in [6, 6.07) is 10.6. The molecule has 1 heterocycles. The maximum Gasteiger partial charge on any atom is 0.319 e. The molecule has 2 amide bonds. The molecular formula is C17H17ClN2O4. The molecule has 0 aliphatic carbocycles. The van der Waals surface area contributed by atoms with Gasteiger partial charge in [0.2, 0.25) is 6.79 Å². The second-order valence-electron chi connectivity index (χ2n) is 5.14. The molecule has 2 aromatic rings. The van der Waals surface area contributed by atoms with E-state index in [1.54, 1.807) is 18.2 Å². The molecule has 0 saturated carbocycles. The van der Waals surface area contributed by atoms with E-state index >= 15 is 0 Å². The van der Waals surface area contributed by atoms with E-state index in [0.29, 0.717) is 29.4 Å². The highest BCUT2D eigenvalue weighted by Gasteiger charge is 2.13. The van der Waals surface area contributed by atoms with E-state index in [1.807, 2.05) is 18.2 Å². The molecule has 3 rings (SSSR count). The van der Waals surface area contributed by atoms with Crippen molar-refractivity contribution >= 4 is 23.3 Å². The maximum atomic E-state index is 12.0. The number of halogens is 1. The average Bonchev–Trinajstić information content (AvgIpc) is 3.03. The number of carbonyl (C=O) groups excluding carboxylic acids is 1. The highest BCUT2D eigenvalue weighted by Crippen LogP contribution is 2.33. The molecule has 7 heteroatoms. The molecule has 0 saturated heterocycles. The zero-order chi connectivity index (χ0) is 16.9. The monoisotopic (exact) mass is 348 g/mol. The minimum absolute atomic E-state index is 0.251. The lowest BCUT2D eigenvalue weighted by Gasteiger charge is -2.12. The van der Waals surface area contributed by atoms with Gasteiger partial charge in [0.05, 0.1) is 17.8 Å². The topological polar surface area (TPSA) is 68.8 Å². The van der Waals surface area contributed by atoms with Gasteiger partial charge in [-0.05, 0) is 36.2 Å². The van der Waals surface area contributed by atoms with Gasteiger partial charge >= 0.3 is 6.03 Å². The number of rotatable bonds is 5. The molecule has 6 nitrogen and oxygen atoms in total. The molecule has 2 aromatic carbocycles. The van der Waals surface area contributed by atoms with E-state index in [9.17, 15) is 4.79 Å². The van der Waals surface area contributed by atoms with Crippen LogP contribution in [-0.4, -0.2) is 26.5 Å². The fraction of sp³-hybridized carbons (Fsp3) is 0.235. The smallest absolute Gasteiger partial charge is 0.319 e. The van der Waals surface area contributed by atoms with Gasteiger partial charge in [-0.2, -0.15) is 0 Å². The summed E-state index contributed by atoms with van der Waals surface area (Å²) in [5.74, 6) is 1.92. The first-order valence-corrected chi connectivity index (χ1v) is 7.81. The first-order chi connectivity index (χ1) is 11.7. The van der Waals surface area contributed by atoms with Crippen molar-refractivity contribution in [1.82, 2.24) is 5.32 Å². The number of hydrogen-bond donors (Lipinski definition) is 2. The van der Waals surface area contributed by atoms with Gasteiger partial charge in [-0.25, -0.2) is 4.79 Å². The molecule has 1 aliphatic rings. The number of para-hydroxylation sites is 1. The lowest BCUT2D eigenvalue weighted by atomic mass is 10.1. The summed E-state index contributed by atoms with van der Waals surface area (Å²) in [5.41, 5.74) is 1.57. The summed E-state index contributed by atoms with van der Waals surface area (Å²) < 4.78 is 15.8. The number of nitrogens with one attached hydrogen (secondary N) is 2. The summed E-state index contributed by atoms with van der Waals surface area (Å²) in [7, 11) is 1.50. The van der Waals surface area contributed by atoms with Gasteiger partial charge in [-0.3, -0.25) is 0 Å². The van der Waals surface area contributed by atoms with Crippen LogP contribution >= 0.6 is 11.6 Å². The summed E-state index contributed by atoms with van der Waals surface area (Å²) in [6.07, 6.45) is 0.677. The third-order valence-electron chi connectivity index (χ3n) is 3.56. The highest BCUT2D eigenvalue weighted by molar-refractivity contribution is 6.32. The zero-order valence-corrected chi connectivity index (χ0v) is 13.9. The SMILES string of the molecule is COc1c(Cl)cccc1NC(=O)NCCc1ccc2c(c1)OCO2. The Labute approximate surface area is 144 Å². The van der Waals surface area contributed by atoms with Gasteiger partial charge in [0, 0.05) is 6.54 Å². The number of ether oxygens (including phenoxy) is 3. The highest BCUT2D eigenvalue weighted by atomic mass is 35.5. The van der Waals surface area contributed by atoms with E-state index in [-0.39, 0.29) is 12.8 Å². The van der Waals surface area contributed by atoms with Gasteiger partial charge in [0.15, 0.2) is 17.2 Å². The van der Waals surface area contributed by atoms with Crippen LogP contribution in [0.1, 0.15) is 5.56 Å². The van der Waals surface area contributed by atoms with E-state index in [2.05, 4.69) is 10.6 Å². The molecular weight excluding hydrogens is 332 g/mol. The first-order valence-electron chi connectivity index (χ1n) is 7.43. The van der Waals surface area contributed by atoms with Crippen LogP contribution in [0.25, 0.3) is 0 Å². The average molecular weight is 349 g/mol. The lowest BCUT2D eigenvalue weighted by molar-refractivity contribution is 0.174. The standard InChI is InChI=1S/C17H17ClN2O4/c1-22-16-12(18)3-2-4-13(16)20-17(21)19-8-7-11-5-6-14-15(9-11)24-10-23-14/h2-6,9H,7-8,10H2,1H3,(H2,19,20,21). The summed E-state index contributed by atoms with van der Waals surface area (Å²) in [5, 5.41) is 5.96. The van der Waals surface area contributed by atoms with Crippen LogP contribution in [-0.2, 0) is 6.42 Å². The lowest BCUT2D eigenvalue weighted by Crippen LogP contribution is -2.30. The number of amides is 2. The van der Waals surface area contributed by atoms with Crippen LogP contribution in [0.15, 0.2) is 36.4 Å². The van der Waals surface area contributed by atoms with Gasteiger partial charge in [0.25, 0.3) is 0 Å². The largest absolute Gasteiger partial charge is 0.493 e. The second-order valence-corrected chi connectivity index (χ2v) is 5.55. The fourth-order valence-electron chi connectivity index (χ4n) is 2.40. The van der Waals surface area contributed by atoms with Gasteiger partial charge in [-0.15, -0.1) is 0 Å². The van der Waals surface area contributed by atoms with Crippen LogP contribution in [0.4, 0.5) is 10.5 Å². The quantitative estimate of drug-likeness (QED) is 0.868. The minimum atomic E-state index is -0.323. The van der Waals surface area contributed by atoms with Crippen molar-refractivity contribution in [2.45, 2.75) is 6.42 Å². The Morgan fingerprint density at radius 2 is 2.08 bits per heavy atom. The second kappa shape index (κ2) is 7.31. The predicted octanol–water partition coefficient (Wildman–Crippen LogP) is 3.44. The minimum Gasteiger partial charge on any atom is -0.493 e. The van der Waals surface area contributed by atoms with Crippen molar-refractivity contribution in [2.24, 2.45) is 0 Å². The molecule has 1 aliphatic heterocycles. The van der Waals surface area contributed by atoms with Crippen molar-refractivity contribution in [1.29, 1.82) is 0 Å². The van der Waals surface area contributed by atoms with Gasteiger partial charge in [-0.1, -0.05) is 23.7 Å². The molecule has 2 N–H and O–H groups in total. The molecule has 0 bridgehead atoms. The molecule has 0 atom stereocenters. The van der Waals surface area contributed by atoms with Gasteiger partial charge < -0.3 is 24.8 Å². The maximum absolute atomic E-state index is 12.0. The van der Waals surface area contributed by atoms with Crippen LogP contribution in [0, 0.1) is 0 Å². The number of anilines is 1. The summed E-state index contributed by atoms with van der Waals surface area (Å²) in [6.45, 7) is 0.731. The molecule has 0 spiro atoms. The number of urea groups is 1. The fourth-order valence-corrected chi connectivity index (χ4v) is 2.65. The third-order valence-corrected chi connectivity index (χ3v) is 3.85. The molecule has 0 aromatic heterocycles. The number of benzene rings is 2. The molecule has 0 radical (unpaired) electrons. The predicted molar refractivity (Wildman–Crippen MR) is 91.3 cm³/mol. The Morgan fingerprint density at radius 1 is 1.25 bits per heavy atom. The Morgan fingerprint density at radius 3 is 2.92 bits per heavy atom. The molecule has 24 heavy (non-hydrogen) atoms. The van der Waals surface area contributed by atoms with Crippen molar-refractivity contribution in [3.05, 3.63) is 47.0 Å². The Hall–Kier alpha value is -2.60. The molecule has 126 valence electrons. The van der Waals surface area contributed by atoms with Crippen molar-refractivity contribution in [3.8, 4) is 17.2 Å². The number of carbonyl (C=O) groups is 1. The summed E-state index contributed by atoms with van der Waals surface area (Å²) >= 11 is 6.02. The van der Waals surface area contributed by atoms with Crippen LogP contribution in [0.3, 0.4) is 0 Å². The van der Waals surface area contributed by atoms with Crippen LogP contribution < -0.4 is 24.8 Å². The van der Waals surface area contributed by atoms with E-state index in [4.69, 9.17) is 25.8 Å². The van der Waals surface area contributed by atoms with E-state index < -0.39 is 0 Å². The Balaban J connectivity index is 1.52. The summed E-state index contributed by atoms with van der Waals surface area (Å²) in [4.78, 5) is 12.0. The number of methoxy groups -OCH3 is 1. The van der Waals surface area contributed by atoms with Gasteiger partial charge in [0.1, 0.15) is 0 Å². The van der Waals surface area contributed by atoms with Crippen LogP contribution in [0.5, 0.6) is 17.2 Å². The van der Waals surface area contributed by atoms with Crippen molar-refractivity contribution in [3.63, 3.8) is 0 Å². The zero-order valence-electron chi connectivity index (χ0n) is 13.1.